The number of morpholine rings is 1. The zero-order valence-electron chi connectivity index (χ0n) is 25.6. The van der Waals surface area contributed by atoms with Crippen molar-refractivity contribution in [3.8, 4) is 5.69 Å². The van der Waals surface area contributed by atoms with E-state index in [-0.39, 0.29) is 44.9 Å². The van der Waals surface area contributed by atoms with Gasteiger partial charge in [-0.25, -0.2) is 13.5 Å². The summed E-state index contributed by atoms with van der Waals surface area (Å²) >= 11 is 6.31. The normalized spacial score (nSPS) is 17.8. The maximum atomic E-state index is 16.4. The predicted molar refractivity (Wildman–Crippen MR) is 168 cm³/mol. The number of benzene rings is 2. The average molecular weight is 646 g/mol. The summed E-state index contributed by atoms with van der Waals surface area (Å²) in [6, 6.07) is 4.51. The van der Waals surface area contributed by atoms with Gasteiger partial charge >= 0.3 is 0 Å². The molecule has 0 bridgehead atoms. The van der Waals surface area contributed by atoms with Gasteiger partial charge in [-0.05, 0) is 52.1 Å². The lowest BCUT2D eigenvalue weighted by atomic mass is 10.1. The Morgan fingerprint density at radius 3 is 2.58 bits per heavy atom. The number of halogens is 3. The number of aromatic nitrogens is 3. The third-order valence-electron chi connectivity index (χ3n) is 8.34. The number of hydrogen-bond donors (Lipinski definition) is 3. The van der Waals surface area contributed by atoms with Crippen LogP contribution < -0.4 is 21.3 Å². The van der Waals surface area contributed by atoms with Gasteiger partial charge in [0.25, 0.3) is 11.8 Å². The topological polar surface area (TPSA) is 134 Å². The number of nitrogens with zero attached hydrogens (tertiary/aromatic N) is 6. The highest BCUT2D eigenvalue weighted by Gasteiger charge is 2.28. The Balaban J connectivity index is 1.39. The SMILES string of the molecule is Cc1c(F)c(N)cc(C(=O)Nc2c(N3CCN(C)C(C)C3)ccc(-n3cc(C(=O)NCCCN4CCOCC4)nn3)c2F)c1Cl. The number of carbonyl (C=O) groups excluding carboxylic acids is 2. The summed E-state index contributed by atoms with van der Waals surface area (Å²) in [6.45, 7) is 9.81. The molecule has 1 atom stereocenters. The van der Waals surface area contributed by atoms with Gasteiger partial charge in [0.15, 0.2) is 17.3 Å². The number of anilines is 3. The van der Waals surface area contributed by atoms with Crippen molar-refractivity contribution in [2.45, 2.75) is 26.3 Å². The molecular formula is C30H38ClF2N9O3. The number of amides is 2. The van der Waals surface area contributed by atoms with Gasteiger partial charge in [-0.15, -0.1) is 5.10 Å². The Morgan fingerprint density at radius 1 is 1.11 bits per heavy atom. The molecule has 0 saturated carbocycles. The van der Waals surface area contributed by atoms with Crippen LogP contribution in [0.3, 0.4) is 0 Å². The fourth-order valence-electron chi connectivity index (χ4n) is 5.43. The largest absolute Gasteiger partial charge is 0.396 e. The van der Waals surface area contributed by atoms with Gasteiger partial charge in [0.05, 0.1) is 41.4 Å². The number of hydrogen-bond acceptors (Lipinski definition) is 9. The third-order valence-corrected chi connectivity index (χ3v) is 8.83. The summed E-state index contributed by atoms with van der Waals surface area (Å²) in [7, 11) is 2.01. The number of carbonyl (C=O) groups is 2. The van der Waals surface area contributed by atoms with E-state index in [9.17, 15) is 14.0 Å². The molecule has 2 fully saturated rings. The van der Waals surface area contributed by atoms with Crippen molar-refractivity contribution in [3.05, 3.63) is 57.9 Å². The Kier molecular flexibility index (Phi) is 10.2. The zero-order chi connectivity index (χ0) is 32.2. The fourth-order valence-corrected chi connectivity index (χ4v) is 5.65. The second-order valence-electron chi connectivity index (χ2n) is 11.4. The molecule has 0 spiro atoms. The van der Waals surface area contributed by atoms with Crippen molar-refractivity contribution in [2.24, 2.45) is 0 Å². The van der Waals surface area contributed by atoms with Gasteiger partial charge in [0.1, 0.15) is 11.4 Å². The van der Waals surface area contributed by atoms with Gasteiger partial charge < -0.3 is 30.9 Å². The first-order valence-electron chi connectivity index (χ1n) is 14.9. The van der Waals surface area contributed by atoms with Crippen LogP contribution in [0, 0.1) is 18.6 Å². The molecule has 1 aromatic heterocycles. The van der Waals surface area contributed by atoms with E-state index in [1.807, 2.05) is 11.9 Å². The van der Waals surface area contributed by atoms with Gasteiger partial charge in [0, 0.05) is 50.9 Å². The number of rotatable bonds is 9. The van der Waals surface area contributed by atoms with Crippen LogP contribution in [0.2, 0.25) is 5.02 Å². The molecule has 1 unspecified atom stereocenters. The van der Waals surface area contributed by atoms with E-state index in [0.29, 0.717) is 38.5 Å². The number of nitrogens with one attached hydrogen (secondary N) is 2. The van der Waals surface area contributed by atoms with Gasteiger partial charge in [0.2, 0.25) is 0 Å². The van der Waals surface area contributed by atoms with Crippen LogP contribution in [0.1, 0.15) is 39.8 Å². The predicted octanol–water partition coefficient (Wildman–Crippen LogP) is 2.93. The molecule has 242 valence electrons. The molecule has 3 heterocycles. The number of piperazine rings is 1. The molecule has 4 N–H and O–H groups in total. The van der Waals surface area contributed by atoms with Crippen LogP contribution in [0.15, 0.2) is 24.4 Å². The third kappa shape index (κ3) is 7.19. The average Bonchev–Trinajstić information content (AvgIpc) is 3.53. The van der Waals surface area contributed by atoms with Gasteiger partial charge in [-0.2, -0.15) is 0 Å². The number of nitrogens with two attached hydrogens (primary N) is 1. The van der Waals surface area contributed by atoms with Crippen molar-refractivity contribution >= 4 is 40.5 Å². The van der Waals surface area contributed by atoms with E-state index < -0.39 is 23.4 Å². The zero-order valence-corrected chi connectivity index (χ0v) is 26.3. The summed E-state index contributed by atoms with van der Waals surface area (Å²) in [5.74, 6) is -2.71. The highest BCUT2D eigenvalue weighted by atomic mass is 35.5. The van der Waals surface area contributed by atoms with E-state index in [4.69, 9.17) is 22.1 Å². The lowest BCUT2D eigenvalue weighted by Gasteiger charge is -2.39. The summed E-state index contributed by atoms with van der Waals surface area (Å²) in [5, 5.41) is 13.3. The molecule has 3 aromatic rings. The number of nitrogen functional groups attached to an aromatic ring is 1. The van der Waals surface area contributed by atoms with Crippen LogP contribution in [0.4, 0.5) is 25.8 Å². The maximum Gasteiger partial charge on any atom is 0.273 e. The highest BCUT2D eigenvalue weighted by molar-refractivity contribution is 6.35. The molecule has 2 saturated heterocycles. The molecule has 2 aliphatic rings. The molecule has 0 radical (unpaired) electrons. The molecule has 2 amide bonds. The van der Waals surface area contributed by atoms with Crippen molar-refractivity contribution in [3.63, 3.8) is 0 Å². The Hall–Kier alpha value is -3.85. The Morgan fingerprint density at radius 2 is 1.84 bits per heavy atom. The van der Waals surface area contributed by atoms with Gasteiger partial charge in [-0.3, -0.25) is 14.5 Å². The second-order valence-corrected chi connectivity index (χ2v) is 11.8. The maximum absolute atomic E-state index is 16.4. The first-order chi connectivity index (χ1) is 21.5. The fraction of sp³-hybridized carbons (Fsp3) is 0.467. The summed E-state index contributed by atoms with van der Waals surface area (Å²) in [4.78, 5) is 32.7. The lowest BCUT2D eigenvalue weighted by molar-refractivity contribution is 0.0374. The minimum Gasteiger partial charge on any atom is -0.396 e. The van der Waals surface area contributed by atoms with E-state index >= 15 is 4.39 Å². The summed E-state index contributed by atoms with van der Waals surface area (Å²) in [5.41, 5.74) is 5.76. The van der Waals surface area contributed by atoms with E-state index in [0.717, 1.165) is 43.3 Å². The quantitative estimate of drug-likeness (QED) is 0.237. The molecule has 0 aliphatic carbocycles. The standard InChI is InChI=1S/C30H38ClF2N9O3/c1-18-16-41(10-9-39(18)3)24-6-5-23(27(33)28(24)36-29(43)20-15-21(34)26(32)19(2)25(20)31)42-17-22(37-38-42)30(44)35-7-4-8-40-11-13-45-14-12-40/h5-6,15,17-18H,4,7-14,16,34H2,1-3H3,(H,35,44)(H,36,43). The molecule has 2 aromatic carbocycles. The minimum atomic E-state index is -0.794. The van der Waals surface area contributed by atoms with Crippen molar-refractivity contribution in [2.75, 3.05) is 82.0 Å². The Labute approximate surface area is 265 Å². The van der Waals surface area contributed by atoms with Crippen LogP contribution in [-0.4, -0.2) is 109 Å². The van der Waals surface area contributed by atoms with Gasteiger partial charge in [-0.1, -0.05) is 16.8 Å². The van der Waals surface area contributed by atoms with Crippen LogP contribution >= 0.6 is 11.6 Å². The van der Waals surface area contributed by atoms with E-state index in [1.54, 1.807) is 6.07 Å². The van der Waals surface area contributed by atoms with Crippen molar-refractivity contribution in [1.29, 1.82) is 0 Å². The summed E-state index contributed by atoms with van der Waals surface area (Å²) < 4.78 is 37.2. The minimum absolute atomic E-state index is 0.0127. The second kappa shape index (κ2) is 14.1. The summed E-state index contributed by atoms with van der Waals surface area (Å²) in [6.07, 6.45) is 2.09. The molecule has 2 aliphatic heterocycles. The van der Waals surface area contributed by atoms with Crippen molar-refractivity contribution in [1.82, 2.24) is 30.1 Å². The Bertz CT molecular complexity index is 1560. The van der Waals surface area contributed by atoms with E-state index in [1.165, 1.54) is 19.2 Å². The first kappa shape index (κ1) is 32.5. The van der Waals surface area contributed by atoms with E-state index in [2.05, 4.69) is 37.7 Å². The first-order valence-corrected chi connectivity index (χ1v) is 15.3. The van der Waals surface area contributed by atoms with Crippen LogP contribution in [0.5, 0.6) is 0 Å². The molecule has 45 heavy (non-hydrogen) atoms. The van der Waals surface area contributed by atoms with Crippen LogP contribution in [-0.2, 0) is 4.74 Å². The molecule has 15 heteroatoms. The highest BCUT2D eigenvalue weighted by Crippen LogP contribution is 2.35. The molecule has 12 nitrogen and oxygen atoms in total. The number of likely N-dealkylation sites (N-methyl/N-ethyl adjacent to an activating group) is 1. The molecular weight excluding hydrogens is 608 g/mol. The van der Waals surface area contributed by atoms with Crippen molar-refractivity contribution < 1.29 is 23.1 Å². The van der Waals surface area contributed by atoms with Crippen LogP contribution in [0.25, 0.3) is 5.69 Å². The lowest BCUT2D eigenvalue weighted by Crippen LogP contribution is -2.50. The molecule has 5 rings (SSSR count). The smallest absolute Gasteiger partial charge is 0.273 e. The number of ether oxygens (including phenoxy) is 1. The monoisotopic (exact) mass is 645 g/mol.